The normalized spacial score (nSPS) is 13.6. The number of aliphatic carboxylic acids is 1. The molecule has 1 rings (SSSR count). The van der Waals surface area contributed by atoms with Crippen LogP contribution in [-0.2, 0) is 30.4 Å². The standard InChI is InChI=1S/C15H23N7O6/c1-7(21-12(24)5-19-14(26)9(16)3-11(17)23)13(25)22-10(15(27)28)2-8-4-18-6-20-8/h4,6-7,9-10H,2-3,5,16H2,1H3,(H2,17,23)(H,18,20)(H,19,26)(H,21,24)(H,22,25)(H,27,28). The highest BCUT2D eigenvalue weighted by Crippen LogP contribution is 1.99. The molecule has 0 aliphatic heterocycles. The minimum Gasteiger partial charge on any atom is -0.480 e. The third kappa shape index (κ3) is 7.82. The van der Waals surface area contributed by atoms with Crippen LogP contribution in [0.5, 0.6) is 0 Å². The van der Waals surface area contributed by atoms with Crippen LogP contribution in [0.15, 0.2) is 12.5 Å². The molecule has 4 amide bonds. The molecule has 0 fully saturated rings. The largest absolute Gasteiger partial charge is 0.480 e. The number of primary amides is 1. The van der Waals surface area contributed by atoms with Gasteiger partial charge in [0.15, 0.2) is 0 Å². The number of aromatic nitrogens is 2. The van der Waals surface area contributed by atoms with E-state index >= 15 is 0 Å². The Morgan fingerprint density at radius 2 is 1.89 bits per heavy atom. The smallest absolute Gasteiger partial charge is 0.326 e. The number of aromatic amines is 1. The fourth-order valence-corrected chi connectivity index (χ4v) is 2.08. The average Bonchev–Trinajstić information content (AvgIpc) is 3.11. The zero-order valence-electron chi connectivity index (χ0n) is 15.1. The number of amides is 4. The summed E-state index contributed by atoms with van der Waals surface area (Å²) in [5.41, 5.74) is 10.9. The van der Waals surface area contributed by atoms with Crippen LogP contribution >= 0.6 is 0 Å². The Hall–Kier alpha value is -3.48. The van der Waals surface area contributed by atoms with E-state index in [1.807, 2.05) is 0 Å². The van der Waals surface area contributed by atoms with Gasteiger partial charge < -0.3 is 37.5 Å². The first-order valence-electron chi connectivity index (χ1n) is 8.21. The molecule has 13 nitrogen and oxygen atoms in total. The van der Waals surface area contributed by atoms with Crippen LogP contribution in [0.4, 0.5) is 0 Å². The van der Waals surface area contributed by atoms with E-state index in [1.165, 1.54) is 19.4 Å². The first-order chi connectivity index (χ1) is 13.1. The van der Waals surface area contributed by atoms with E-state index in [4.69, 9.17) is 11.5 Å². The SMILES string of the molecule is CC(NC(=O)CNC(=O)C(N)CC(N)=O)C(=O)NC(Cc1cnc[nH]1)C(=O)O. The number of carbonyl (C=O) groups excluding carboxylic acids is 4. The van der Waals surface area contributed by atoms with E-state index in [1.54, 1.807) is 0 Å². The van der Waals surface area contributed by atoms with Crippen molar-refractivity contribution in [3.63, 3.8) is 0 Å². The molecule has 3 unspecified atom stereocenters. The van der Waals surface area contributed by atoms with Gasteiger partial charge in [-0.05, 0) is 6.92 Å². The van der Waals surface area contributed by atoms with Crippen LogP contribution in [0, 0.1) is 0 Å². The maximum absolute atomic E-state index is 12.1. The number of carboxylic acid groups (broad SMARTS) is 1. The highest BCUT2D eigenvalue weighted by Gasteiger charge is 2.25. The minimum absolute atomic E-state index is 0.0183. The predicted molar refractivity (Wildman–Crippen MR) is 94.3 cm³/mol. The summed E-state index contributed by atoms with van der Waals surface area (Å²) >= 11 is 0. The third-order valence-electron chi connectivity index (χ3n) is 3.55. The first-order valence-corrected chi connectivity index (χ1v) is 8.21. The van der Waals surface area contributed by atoms with Gasteiger partial charge in [-0.25, -0.2) is 9.78 Å². The number of nitrogens with zero attached hydrogens (tertiary/aromatic N) is 1. The summed E-state index contributed by atoms with van der Waals surface area (Å²) < 4.78 is 0. The van der Waals surface area contributed by atoms with Crippen molar-refractivity contribution < 1.29 is 29.1 Å². The second-order valence-corrected chi connectivity index (χ2v) is 5.96. The molecule has 0 saturated heterocycles. The van der Waals surface area contributed by atoms with Crippen LogP contribution in [0.1, 0.15) is 19.0 Å². The lowest BCUT2D eigenvalue weighted by Crippen LogP contribution is -2.53. The summed E-state index contributed by atoms with van der Waals surface area (Å²) in [5.74, 6) is -4.20. The molecule has 13 heteroatoms. The van der Waals surface area contributed by atoms with Gasteiger partial charge in [0.25, 0.3) is 0 Å². The van der Waals surface area contributed by atoms with Crippen molar-refractivity contribution in [1.29, 1.82) is 0 Å². The van der Waals surface area contributed by atoms with Gasteiger partial charge in [0.05, 0.1) is 25.3 Å². The maximum Gasteiger partial charge on any atom is 0.326 e. The molecular weight excluding hydrogens is 374 g/mol. The van der Waals surface area contributed by atoms with E-state index in [-0.39, 0.29) is 12.8 Å². The van der Waals surface area contributed by atoms with E-state index in [0.29, 0.717) is 5.69 Å². The van der Waals surface area contributed by atoms with Crippen LogP contribution in [-0.4, -0.2) is 69.3 Å². The Balaban J connectivity index is 2.47. The van der Waals surface area contributed by atoms with Crippen LogP contribution < -0.4 is 27.4 Å². The molecule has 1 aromatic heterocycles. The summed E-state index contributed by atoms with van der Waals surface area (Å²) in [6.45, 7) is 0.863. The van der Waals surface area contributed by atoms with Crippen molar-refractivity contribution in [1.82, 2.24) is 25.9 Å². The summed E-state index contributed by atoms with van der Waals surface area (Å²) in [6, 6.07) is -3.48. The van der Waals surface area contributed by atoms with Gasteiger partial charge >= 0.3 is 5.97 Å². The topological polar surface area (TPSA) is 222 Å². The van der Waals surface area contributed by atoms with E-state index in [0.717, 1.165) is 0 Å². The Labute approximate surface area is 159 Å². The van der Waals surface area contributed by atoms with Crippen LogP contribution in [0.25, 0.3) is 0 Å². The van der Waals surface area contributed by atoms with Gasteiger partial charge in [-0.15, -0.1) is 0 Å². The van der Waals surface area contributed by atoms with Crippen LogP contribution in [0.3, 0.4) is 0 Å². The molecule has 0 radical (unpaired) electrons. The fraction of sp³-hybridized carbons (Fsp3) is 0.467. The van der Waals surface area contributed by atoms with Crippen molar-refractivity contribution in [3.8, 4) is 0 Å². The van der Waals surface area contributed by atoms with Gasteiger partial charge in [0.1, 0.15) is 12.1 Å². The van der Waals surface area contributed by atoms with Gasteiger partial charge in [0, 0.05) is 18.3 Å². The summed E-state index contributed by atoms with van der Waals surface area (Å²) in [5, 5.41) is 16.0. The number of nitrogens with two attached hydrogens (primary N) is 2. The Morgan fingerprint density at radius 1 is 1.21 bits per heavy atom. The monoisotopic (exact) mass is 397 g/mol. The second kappa shape index (κ2) is 10.6. The molecule has 0 aromatic carbocycles. The van der Waals surface area contributed by atoms with E-state index < -0.39 is 54.3 Å². The van der Waals surface area contributed by atoms with Crippen molar-refractivity contribution in [2.24, 2.45) is 11.5 Å². The van der Waals surface area contributed by atoms with Gasteiger partial charge in [-0.3, -0.25) is 19.2 Å². The highest BCUT2D eigenvalue weighted by atomic mass is 16.4. The quantitative estimate of drug-likeness (QED) is 0.197. The molecule has 0 aliphatic carbocycles. The van der Waals surface area contributed by atoms with Gasteiger partial charge in [0.2, 0.25) is 23.6 Å². The average molecular weight is 397 g/mol. The number of hydrogen-bond acceptors (Lipinski definition) is 7. The van der Waals surface area contributed by atoms with Crippen molar-refractivity contribution in [2.45, 2.75) is 37.9 Å². The fourth-order valence-electron chi connectivity index (χ4n) is 2.08. The molecule has 154 valence electrons. The maximum atomic E-state index is 12.1. The van der Waals surface area contributed by atoms with Gasteiger partial charge in [-0.1, -0.05) is 0 Å². The number of rotatable bonds is 11. The molecule has 28 heavy (non-hydrogen) atoms. The number of hydrogen-bond donors (Lipinski definition) is 7. The molecule has 0 saturated carbocycles. The zero-order valence-corrected chi connectivity index (χ0v) is 15.1. The molecule has 1 aromatic rings. The molecule has 1 heterocycles. The Bertz CT molecular complexity index is 720. The molecular formula is C15H23N7O6. The molecule has 0 aliphatic rings. The number of nitrogens with one attached hydrogen (secondary N) is 4. The number of carbonyl (C=O) groups is 5. The summed E-state index contributed by atoms with van der Waals surface area (Å²) in [4.78, 5) is 64.0. The van der Waals surface area contributed by atoms with Crippen molar-refractivity contribution in [3.05, 3.63) is 18.2 Å². The lowest BCUT2D eigenvalue weighted by Gasteiger charge is -2.18. The van der Waals surface area contributed by atoms with E-state index in [2.05, 4.69) is 25.9 Å². The highest BCUT2D eigenvalue weighted by molar-refractivity contribution is 5.93. The summed E-state index contributed by atoms with van der Waals surface area (Å²) in [6.07, 6.45) is 2.41. The molecule has 0 bridgehead atoms. The lowest BCUT2D eigenvalue weighted by atomic mass is 10.1. The van der Waals surface area contributed by atoms with Crippen molar-refractivity contribution in [2.75, 3.05) is 6.54 Å². The second-order valence-electron chi connectivity index (χ2n) is 5.96. The molecule has 0 spiro atoms. The van der Waals surface area contributed by atoms with Gasteiger partial charge in [-0.2, -0.15) is 0 Å². The lowest BCUT2D eigenvalue weighted by molar-refractivity contribution is -0.142. The summed E-state index contributed by atoms with van der Waals surface area (Å²) in [7, 11) is 0. The zero-order chi connectivity index (χ0) is 21.3. The third-order valence-corrected chi connectivity index (χ3v) is 3.55. The number of carboxylic acids is 1. The molecule has 9 N–H and O–H groups in total. The van der Waals surface area contributed by atoms with Crippen molar-refractivity contribution >= 4 is 29.6 Å². The minimum atomic E-state index is -1.25. The van der Waals surface area contributed by atoms with E-state index in [9.17, 15) is 29.1 Å². The Morgan fingerprint density at radius 3 is 2.43 bits per heavy atom. The first kappa shape index (κ1) is 22.6. The number of imidazole rings is 1. The number of H-pyrrole nitrogens is 1. The predicted octanol–water partition coefficient (Wildman–Crippen LogP) is -3.65. The Kier molecular flexibility index (Phi) is 8.55. The van der Waals surface area contributed by atoms with Crippen LogP contribution in [0.2, 0.25) is 0 Å². The molecule has 3 atom stereocenters.